The average Bonchev–Trinajstić information content (AvgIpc) is 2.94. The summed E-state index contributed by atoms with van der Waals surface area (Å²) in [6.45, 7) is 0. The molecule has 0 atom stereocenters. The highest BCUT2D eigenvalue weighted by Gasteiger charge is 2.33. The van der Waals surface area contributed by atoms with E-state index in [0.717, 1.165) is 30.3 Å². The van der Waals surface area contributed by atoms with Gasteiger partial charge in [0.15, 0.2) is 0 Å². The van der Waals surface area contributed by atoms with Crippen molar-refractivity contribution in [3.63, 3.8) is 0 Å². The van der Waals surface area contributed by atoms with E-state index in [4.69, 9.17) is 0 Å². The fraction of sp³-hybridized carbons (Fsp3) is 0.167. The van der Waals surface area contributed by atoms with Crippen LogP contribution in [-0.2, 0) is 10.9 Å². The summed E-state index contributed by atoms with van der Waals surface area (Å²) in [6, 6.07) is 2.02. The SMILES string of the molecule is COC(=O)c1cnn(-c2ccc(C(F)(F)F)cc2[N+](=O)[O-])c1. The first-order valence-corrected chi connectivity index (χ1v) is 5.73. The van der Waals surface area contributed by atoms with Crippen molar-refractivity contribution in [3.8, 4) is 5.69 Å². The third-order valence-corrected chi connectivity index (χ3v) is 2.75. The number of nitro groups is 1. The zero-order valence-electron chi connectivity index (χ0n) is 11.0. The number of rotatable bonds is 3. The molecule has 0 radical (unpaired) electrons. The van der Waals surface area contributed by atoms with Crippen LogP contribution >= 0.6 is 0 Å². The lowest BCUT2D eigenvalue weighted by Gasteiger charge is -2.08. The molecule has 1 aromatic heterocycles. The maximum absolute atomic E-state index is 12.6. The first kappa shape index (κ1) is 15.5. The fourth-order valence-corrected chi connectivity index (χ4v) is 1.72. The molecule has 10 heteroatoms. The molecule has 2 aromatic rings. The fourth-order valence-electron chi connectivity index (χ4n) is 1.72. The molecule has 116 valence electrons. The molecule has 7 nitrogen and oxygen atoms in total. The summed E-state index contributed by atoms with van der Waals surface area (Å²) in [4.78, 5) is 21.3. The van der Waals surface area contributed by atoms with Gasteiger partial charge < -0.3 is 4.74 Å². The Labute approximate surface area is 121 Å². The molecule has 0 bridgehead atoms. The Balaban J connectivity index is 2.53. The summed E-state index contributed by atoms with van der Waals surface area (Å²) < 4.78 is 43.2. The normalized spacial score (nSPS) is 11.3. The molecule has 0 unspecified atom stereocenters. The van der Waals surface area contributed by atoms with Crippen molar-refractivity contribution in [1.82, 2.24) is 9.78 Å². The quantitative estimate of drug-likeness (QED) is 0.493. The van der Waals surface area contributed by atoms with Crippen LogP contribution in [0.1, 0.15) is 15.9 Å². The van der Waals surface area contributed by atoms with E-state index < -0.39 is 28.3 Å². The first-order valence-electron chi connectivity index (χ1n) is 5.73. The number of ether oxygens (including phenoxy) is 1. The highest BCUT2D eigenvalue weighted by atomic mass is 19.4. The molecule has 2 rings (SSSR count). The van der Waals surface area contributed by atoms with Crippen molar-refractivity contribution in [2.45, 2.75) is 6.18 Å². The minimum absolute atomic E-state index is 0.0108. The van der Waals surface area contributed by atoms with Crippen molar-refractivity contribution >= 4 is 11.7 Å². The van der Waals surface area contributed by atoms with Crippen LogP contribution in [0.15, 0.2) is 30.6 Å². The maximum Gasteiger partial charge on any atom is 0.416 e. The van der Waals surface area contributed by atoms with Crippen LogP contribution in [0.3, 0.4) is 0 Å². The molecule has 0 amide bonds. The summed E-state index contributed by atoms with van der Waals surface area (Å²) in [5, 5.41) is 14.7. The molecule has 1 aromatic carbocycles. The van der Waals surface area contributed by atoms with Crippen LogP contribution in [-0.4, -0.2) is 27.8 Å². The highest BCUT2D eigenvalue weighted by molar-refractivity contribution is 5.88. The van der Waals surface area contributed by atoms with Gasteiger partial charge in [-0.05, 0) is 12.1 Å². The van der Waals surface area contributed by atoms with Crippen LogP contribution in [0.25, 0.3) is 5.69 Å². The van der Waals surface area contributed by atoms with Crippen molar-refractivity contribution in [2.75, 3.05) is 7.11 Å². The number of hydrogen-bond donors (Lipinski definition) is 0. The van der Waals surface area contributed by atoms with E-state index in [1.54, 1.807) is 0 Å². The zero-order chi connectivity index (χ0) is 16.5. The Morgan fingerprint density at radius 3 is 2.64 bits per heavy atom. The number of halogens is 3. The van der Waals surface area contributed by atoms with E-state index in [1.165, 1.54) is 0 Å². The summed E-state index contributed by atoms with van der Waals surface area (Å²) in [7, 11) is 1.14. The molecule has 1 heterocycles. The lowest BCUT2D eigenvalue weighted by atomic mass is 10.1. The van der Waals surface area contributed by atoms with E-state index in [-0.39, 0.29) is 11.3 Å². The number of aromatic nitrogens is 2. The summed E-state index contributed by atoms with van der Waals surface area (Å²) >= 11 is 0. The maximum atomic E-state index is 12.6. The molecule has 0 aliphatic rings. The predicted molar refractivity (Wildman–Crippen MR) is 66.6 cm³/mol. The number of benzene rings is 1. The zero-order valence-corrected chi connectivity index (χ0v) is 11.0. The molecule has 22 heavy (non-hydrogen) atoms. The summed E-state index contributed by atoms with van der Waals surface area (Å²) in [5.41, 5.74) is -2.12. The van der Waals surface area contributed by atoms with Gasteiger partial charge in [-0.1, -0.05) is 0 Å². The van der Waals surface area contributed by atoms with E-state index >= 15 is 0 Å². The Kier molecular flexibility index (Phi) is 3.85. The predicted octanol–water partition coefficient (Wildman–Crippen LogP) is 2.59. The van der Waals surface area contributed by atoms with Gasteiger partial charge in [0.2, 0.25) is 0 Å². The Morgan fingerprint density at radius 2 is 2.09 bits per heavy atom. The Hall–Kier alpha value is -2.91. The molecule has 0 spiro atoms. The second kappa shape index (κ2) is 5.47. The number of hydrogen-bond acceptors (Lipinski definition) is 5. The van der Waals surface area contributed by atoms with Crippen molar-refractivity contribution in [3.05, 3.63) is 51.8 Å². The van der Waals surface area contributed by atoms with Gasteiger partial charge in [0, 0.05) is 12.3 Å². The third kappa shape index (κ3) is 2.90. The van der Waals surface area contributed by atoms with Gasteiger partial charge in [-0.2, -0.15) is 18.3 Å². The molecule has 0 fully saturated rings. The number of nitrogens with zero attached hydrogens (tertiary/aromatic N) is 3. The van der Waals surface area contributed by atoms with E-state index in [0.29, 0.717) is 12.1 Å². The second-order valence-electron chi connectivity index (χ2n) is 4.12. The number of carbonyl (C=O) groups excluding carboxylic acids is 1. The molecular formula is C12H8F3N3O4. The molecule has 0 saturated heterocycles. The minimum atomic E-state index is -4.70. The van der Waals surface area contributed by atoms with Gasteiger partial charge in [-0.3, -0.25) is 10.1 Å². The number of esters is 1. The number of alkyl halides is 3. The van der Waals surface area contributed by atoms with Crippen LogP contribution in [0.5, 0.6) is 0 Å². The lowest BCUT2D eigenvalue weighted by Crippen LogP contribution is -2.08. The minimum Gasteiger partial charge on any atom is -0.465 e. The largest absolute Gasteiger partial charge is 0.465 e. The van der Waals surface area contributed by atoms with Gasteiger partial charge in [-0.25, -0.2) is 9.48 Å². The lowest BCUT2D eigenvalue weighted by molar-refractivity contribution is -0.384. The number of methoxy groups -OCH3 is 1. The van der Waals surface area contributed by atoms with Gasteiger partial charge in [0.25, 0.3) is 5.69 Å². The van der Waals surface area contributed by atoms with Crippen LogP contribution in [0, 0.1) is 10.1 Å². The second-order valence-corrected chi connectivity index (χ2v) is 4.12. The number of nitro benzene ring substituents is 1. The van der Waals surface area contributed by atoms with Crippen molar-refractivity contribution in [1.29, 1.82) is 0 Å². The first-order chi connectivity index (χ1) is 10.2. The van der Waals surface area contributed by atoms with E-state index in [1.807, 2.05) is 0 Å². The van der Waals surface area contributed by atoms with E-state index in [2.05, 4.69) is 9.84 Å². The van der Waals surface area contributed by atoms with Crippen LogP contribution in [0.2, 0.25) is 0 Å². The Bertz CT molecular complexity index is 739. The number of carbonyl (C=O) groups is 1. The third-order valence-electron chi connectivity index (χ3n) is 2.75. The summed E-state index contributed by atoms with van der Waals surface area (Å²) in [5.74, 6) is -0.721. The van der Waals surface area contributed by atoms with E-state index in [9.17, 15) is 28.1 Å². The monoisotopic (exact) mass is 315 g/mol. The highest BCUT2D eigenvalue weighted by Crippen LogP contribution is 2.34. The van der Waals surface area contributed by atoms with Gasteiger partial charge >= 0.3 is 12.1 Å². The molecule has 0 aliphatic heterocycles. The van der Waals surface area contributed by atoms with Crippen molar-refractivity contribution in [2.24, 2.45) is 0 Å². The molecule has 0 aliphatic carbocycles. The molecule has 0 saturated carbocycles. The average molecular weight is 315 g/mol. The standard InChI is InChI=1S/C12H8F3N3O4/c1-22-11(19)7-5-16-17(6-7)9-3-2-8(12(13,14)15)4-10(9)18(20)21/h2-6H,1H3. The van der Waals surface area contributed by atoms with Gasteiger partial charge in [-0.15, -0.1) is 0 Å². The van der Waals surface area contributed by atoms with Crippen molar-refractivity contribution < 1.29 is 27.6 Å². The van der Waals surface area contributed by atoms with Gasteiger partial charge in [0.05, 0.1) is 29.4 Å². The van der Waals surface area contributed by atoms with Crippen LogP contribution in [0.4, 0.5) is 18.9 Å². The van der Waals surface area contributed by atoms with Crippen LogP contribution < -0.4 is 0 Å². The Morgan fingerprint density at radius 1 is 1.41 bits per heavy atom. The molecular weight excluding hydrogens is 307 g/mol. The smallest absolute Gasteiger partial charge is 0.416 e. The van der Waals surface area contributed by atoms with Gasteiger partial charge in [0.1, 0.15) is 5.69 Å². The summed E-state index contributed by atoms with van der Waals surface area (Å²) in [6.07, 6.45) is -2.49. The topological polar surface area (TPSA) is 87.3 Å². The molecule has 0 N–H and O–H groups in total.